The van der Waals surface area contributed by atoms with Crippen LogP contribution in [0.2, 0.25) is 0 Å². The van der Waals surface area contributed by atoms with Gasteiger partial charge in [-0.3, -0.25) is 0 Å². The van der Waals surface area contributed by atoms with E-state index >= 15 is 0 Å². The van der Waals surface area contributed by atoms with E-state index in [1.54, 1.807) is 28.7 Å². The molecule has 0 atom stereocenters. The highest BCUT2D eigenvalue weighted by atomic mass is 32.1. The van der Waals surface area contributed by atoms with E-state index in [4.69, 9.17) is 0 Å². The normalized spacial score (nSPS) is 11.1. The zero-order chi connectivity index (χ0) is 19.8. The van der Waals surface area contributed by atoms with E-state index < -0.39 is 7.12 Å². The van der Waals surface area contributed by atoms with Crippen LogP contribution < -0.4 is 5.46 Å². The Kier molecular flexibility index (Phi) is 4.82. The van der Waals surface area contributed by atoms with Crippen LogP contribution in [0.5, 0.6) is 0 Å². The average molecular weight is 412 g/mol. The third kappa shape index (κ3) is 3.66. The second kappa shape index (κ2) is 7.62. The lowest BCUT2D eigenvalue weighted by Crippen LogP contribution is -2.29. The molecule has 5 rings (SSSR count). The van der Waals surface area contributed by atoms with Gasteiger partial charge in [-0.05, 0) is 57.7 Å². The van der Waals surface area contributed by atoms with E-state index in [2.05, 4.69) is 66.7 Å². The van der Waals surface area contributed by atoms with Gasteiger partial charge in [-0.1, -0.05) is 60.7 Å². The summed E-state index contributed by atoms with van der Waals surface area (Å²) >= 11 is 3.51. The fraction of sp³-hybridized carbons (Fsp3) is 0. The van der Waals surface area contributed by atoms with Gasteiger partial charge in [0, 0.05) is 19.5 Å². The van der Waals surface area contributed by atoms with Crippen LogP contribution >= 0.6 is 22.7 Å². The van der Waals surface area contributed by atoms with E-state index in [1.807, 2.05) is 18.2 Å². The van der Waals surface area contributed by atoms with E-state index in [0.29, 0.717) is 5.46 Å². The smallest absolute Gasteiger partial charge is 0.423 e. The highest BCUT2D eigenvalue weighted by molar-refractivity contribution is 7.25. The molecule has 0 radical (unpaired) electrons. The summed E-state index contributed by atoms with van der Waals surface area (Å²) in [6.07, 6.45) is 0. The largest absolute Gasteiger partial charge is 0.488 e. The molecule has 2 nitrogen and oxygen atoms in total. The zero-order valence-electron chi connectivity index (χ0n) is 15.4. The molecule has 2 heterocycles. The van der Waals surface area contributed by atoms with Crippen molar-refractivity contribution in [3.63, 3.8) is 0 Å². The van der Waals surface area contributed by atoms with Gasteiger partial charge in [0.05, 0.1) is 0 Å². The molecule has 0 aliphatic rings. The van der Waals surface area contributed by atoms with Crippen molar-refractivity contribution in [2.45, 2.75) is 0 Å². The first-order chi connectivity index (χ1) is 14.2. The maximum absolute atomic E-state index is 9.42. The Morgan fingerprint density at radius 1 is 0.517 bits per heavy atom. The summed E-state index contributed by atoms with van der Waals surface area (Å²) in [6.45, 7) is 0. The minimum atomic E-state index is -1.45. The fourth-order valence-corrected chi connectivity index (χ4v) is 5.54. The van der Waals surface area contributed by atoms with Gasteiger partial charge in [0.2, 0.25) is 0 Å². The summed E-state index contributed by atoms with van der Waals surface area (Å²) in [5.41, 5.74) is 2.74. The maximum Gasteiger partial charge on any atom is 0.488 e. The summed E-state index contributed by atoms with van der Waals surface area (Å²) in [7, 11) is -1.45. The Balaban J connectivity index is 1.46. The lowest BCUT2D eigenvalue weighted by Gasteiger charge is -2.02. The zero-order valence-corrected chi connectivity index (χ0v) is 17.1. The van der Waals surface area contributed by atoms with Crippen molar-refractivity contribution in [2.24, 2.45) is 0 Å². The van der Waals surface area contributed by atoms with Gasteiger partial charge in [-0.15, -0.1) is 22.7 Å². The van der Waals surface area contributed by atoms with E-state index in [-0.39, 0.29) is 0 Å². The molecule has 0 unspecified atom stereocenters. The van der Waals surface area contributed by atoms with Crippen molar-refractivity contribution < 1.29 is 10.0 Å². The molecule has 29 heavy (non-hydrogen) atoms. The van der Waals surface area contributed by atoms with Gasteiger partial charge in [-0.2, -0.15) is 0 Å². The van der Waals surface area contributed by atoms with E-state index in [9.17, 15) is 10.0 Å². The lowest BCUT2D eigenvalue weighted by atomic mass is 9.79. The van der Waals surface area contributed by atoms with Crippen molar-refractivity contribution in [1.82, 2.24) is 0 Å². The molecule has 2 aromatic heterocycles. The van der Waals surface area contributed by atoms with Crippen molar-refractivity contribution in [3.8, 4) is 30.6 Å². The van der Waals surface area contributed by atoms with Crippen molar-refractivity contribution in [1.29, 1.82) is 0 Å². The Morgan fingerprint density at radius 2 is 1.14 bits per heavy atom. The Hall–Kier alpha value is -2.70. The lowest BCUT2D eigenvalue weighted by molar-refractivity contribution is 0.426. The van der Waals surface area contributed by atoms with Crippen LogP contribution in [-0.4, -0.2) is 17.2 Å². The van der Waals surface area contributed by atoms with Crippen molar-refractivity contribution in [2.75, 3.05) is 0 Å². The Labute approximate surface area is 177 Å². The topological polar surface area (TPSA) is 40.5 Å². The quantitative estimate of drug-likeness (QED) is 0.375. The number of thiophene rings is 2. The first kappa shape index (κ1) is 18.3. The standard InChI is InChI=1S/C24H17BO2S2/c26-25(27)20-7-3-6-18(15-20)21-10-12-23(28-21)24-13-11-22(29-24)19-9-8-16-4-1-2-5-17(16)14-19/h1-15,26-27H. The van der Waals surface area contributed by atoms with Crippen molar-refractivity contribution in [3.05, 3.63) is 91.0 Å². The highest BCUT2D eigenvalue weighted by Gasteiger charge is 2.13. The molecule has 140 valence electrons. The molecule has 0 saturated heterocycles. The predicted octanol–water partition coefficient (Wildman–Crippen LogP) is 5.64. The molecule has 0 spiro atoms. The number of hydrogen-bond donors (Lipinski definition) is 2. The van der Waals surface area contributed by atoms with Crippen LogP contribution in [0.3, 0.4) is 0 Å². The van der Waals surface area contributed by atoms with Crippen LogP contribution in [-0.2, 0) is 0 Å². The minimum Gasteiger partial charge on any atom is -0.423 e. The molecule has 5 heteroatoms. The second-order valence-corrected chi connectivity index (χ2v) is 9.06. The molecule has 0 fully saturated rings. The summed E-state index contributed by atoms with van der Waals surface area (Å²) in [6, 6.07) is 31.0. The van der Waals surface area contributed by atoms with Crippen molar-refractivity contribution >= 4 is 46.0 Å². The van der Waals surface area contributed by atoms with Crippen LogP contribution in [0.25, 0.3) is 41.4 Å². The molecule has 2 N–H and O–H groups in total. The monoisotopic (exact) mass is 412 g/mol. The number of benzene rings is 3. The predicted molar refractivity (Wildman–Crippen MR) is 126 cm³/mol. The highest BCUT2D eigenvalue weighted by Crippen LogP contribution is 2.40. The SMILES string of the molecule is OB(O)c1cccc(-c2ccc(-c3ccc(-c4ccc5ccccc5c4)s3)s2)c1. The summed E-state index contributed by atoms with van der Waals surface area (Å²) < 4.78 is 0. The molecular formula is C24H17BO2S2. The summed E-state index contributed by atoms with van der Waals surface area (Å²) in [5.74, 6) is 0. The molecule has 3 aromatic carbocycles. The van der Waals surface area contributed by atoms with E-state index in [1.165, 1.54) is 31.0 Å². The summed E-state index contributed by atoms with van der Waals surface area (Å²) in [4.78, 5) is 4.82. The van der Waals surface area contributed by atoms with Crippen LogP contribution in [0.1, 0.15) is 0 Å². The summed E-state index contributed by atoms with van der Waals surface area (Å²) in [5, 5.41) is 21.3. The molecular weight excluding hydrogens is 395 g/mol. The van der Waals surface area contributed by atoms with Crippen LogP contribution in [0.15, 0.2) is 91.0 Å². The van der Waals surface area contributed by atoms with E-state index in [0.717, 1.165) is 10.4 Å². The van der Waals surface area contributed by atoms with Crippen LogP contribution in [0.4, 0.5) is 0 Å². The molecule has 0 saturated carbocycles. The molecule has 0 aliphatic carbocycles. The van der Waals surface area contributed by atoms with Crippen LogP contribution in [0, 0.1) is 0 Å². The Bertz CT molecular complexity index is 1300. The van der Waals surface area contributed by atoms with Gasteiger partial charge in [0.25, 0.3) is 0 Å². The molecule has 5 aromatic rings. The third-order valence-corrected chi connectivity index (χ3v) is 7.42. The first-order valence-corrected chi connectivity index (χ1v) is 11.0. The molecule has 0 bridgehead atoms. The van der Waals surface area contributed by atoms with Gasteiger partial charge in [-0.25, -0.2) is 0 Å². The second-order valence-electron chi connectivity index (χ2n) is 6.89. The number of fused-ring (bicyclic) bond motifs is 1. The van der Waals surface area contributed by atoms with Gasteiger partial charge in [0.15, 0.2) is 0 Å². The first-order valence-electron chi connectivity index (χ1n) is 9.33. The molecule has 0 amide bonds. The number of rotatable bonds is 4. The van der Waals surface area contributed by atoms with Gasteiger partial charge < -0.3 is 10.0 Å². The van der Waals surface area contributed by atoms with Gasteiger partial charge in [0.1, 0.15) is 0 Å². The average Bonchev–Trinajstić information content (AvgIpc) is 3.43. The van der Waals surface area contributed by atoms with Gasteiger partial charge >= 0.3 is 7.12 Å². The molecule has 0 aliphatic heterocycles. The maximum atomic E-state index is 9.42. The third-order valence-electron chi connectivity index (χ3n) is 4.96. The fourth-order valence-electron chi connectivity index (χ4n) is 3.45. The number of hydrogen-bond acceptors (Lipinski definition) is 4. The Morgan fingerprint density at radius 3 is 1.83 bits per heavy atom. The minimum absolute atomic E-state index is 0.507.